The number of ether oxygens (including phenoxy) is 1. The fourth-order valence-electron chi connectivity index (χ4n) is 1.87. The highest BCUT2D eigenvalue weighted by molar-refractivity contribution is 5.68. The van der Waals surface area contributed by atoms with Gasteiger partial charge in [-0.15, -0.1) is 0 Å². The molecule has 0 heterocycles. The Labute approximate surface area is 116 Å². The van der Waals surface area contributed by atoms with Gasteiger partial charge in [-0.3, -0.25) is 0 Å². The molecule has 1 rings (SSSR count). The van der Waals surface area contributed by atoms with Crippen LogP contribution in [0.15, 0.2) is 30.3 Å². The van der Waals surface area contributed by atoms with Gasteiger partial charge in [0.1, 0.15) is 5.60 Å². The van der Waals surface area contributed by atoms with Crippen molar-refractivity contribution in [3.8, 4) is 0 Å². The topological polar surface area (TPSA) is 38.3 Å². The molecule has 1 amide bonds. The fraction of sp³-hybridized carbons (Fsp3) is 0.562. The van der Waals surface area contributed by atoms with E-state index < -0.39 is 5.60 Å². The van der Waals surface area contributed by atoms with Crippen molar-refractivity contribution in [2.75, 3.05) is 0 Å². The van der Waals surface area contributed by atoms with Crippen LogP contribution >= 0.6 is 0 Å². The van der Waals surface area contributed by atoms with Gasteiger partial charge >= 0.3 is 6.09 Å². The summed E-state index contributed by atoms with van der Waals surface area (Å²) in [6, 6.07) is 9.89. The molecule has 0 aliphatic carbocycles. The highest BCUT2D eigenvalue weighted by Crippen LogP contribution is 2.32. The summed E-state index contributed by atoms with van der Waals surface area (Å²) in [6.45, 7) is 11.9. The number of nitrogens with one attached hydrogen (secondary N) is 1. The number of hydrogen-bond acceptors (Lipinski definition) is 2. The Morgan fingerprint density at radius 3 is 2.00 bits per heavy atom. The van der Waals surface area contributed by atoms with Crippen LogP contribution in [0.25, 0.3) is 0 Å². The Morgan fingerprint density at radius 1 is 1.05 bits per heavy atom. The van der Waals surface area contributed by atoms with Gasteiger partial charge in [-0.05, 0) is 31.7 Å². The second-order valence-electron chi connectivity index (χ2n) is 6.86. The van der Waals surface area contributed by atoms with Crippen LogP contribution < -0.4 is 5.32 Å². The standard InChI is InChI=1S/C16H25NO2/c1-15(2,3)13(12-10-8-7-9-11-12)17-14(18)19-16(4,5)6/h7-11,13H,1-6H3,(H,17,18)/t13-/m1/s1. The van der Waals surface area contributed by atoms with Crippen molar-refractivity contribution >= 4 is 6.09 Å². The molecule has 3 nitrogen and oxygen atoms in total. The van der Waals surface area contributed by atoms with Crippen molar-refractivity contribution in [3.05, 3.63) is 35.9 Å². The Morgan fingerprint density at radius 2 is 1.58 bits per heavy atom. The predicted molar refractivity (Wildman–Crippen MR) is 78.0 cm³/mol. The summed E-state index contributed by atoms with van der Waals surface area (Å²) in [6.07, 6.45) is -0.378. The van der Waals surface area contributed by atoms with E-state index in [0.717, 1.165) is 5.56 Å². The fourth-order valence-corrected chi connectivity index (χ4v) is 1.87. The second kappa shape index (κ2) is 5.64. The molecule has 3 heteroatoms. The van der Waals surface area contributed by atoms with Crippen LogP contribution in [0.5, 0.6) is 0 Å². The van der Waals surface area contributed by atoms with Crippen molar-refractivity contribution in [1.82, 2.24) is 5.32 Å². The summed E-state index contributed by atoms with van der Waals surface area (Å²) < 4.78 is 5.33. The SMILES string of the molecule is CC(C)(C)OC(=O)N[C@H](c1ccccc1)C(C)(C)C. The first kappa shape index (κ1) is 15.5. The molecule has 106 valence electrons. The zero-order valence-electron chi connectivity index (χ0n) is 12.8. The van der Waals surface area contributed by atoms with Crippen LogP contribution in [0.3, 0.4) is 0 Å². The first-order valence-corrected chi connectivity index (χ1v) is 6.64. The third-order valence-electron chi connectivity index (χ3n) is 2.66. The van der Waals surface area contributed by atoms with E-state index >= 15 is 0 Å². The largest absolute Gasteiger partial charge is 0.444 e. The van der Waals surface area contributed by atoms with E-state index in [2.05, 4.69) is 26.1 Å². The summed E-state index contributed by atoms with van der Waals surface area (Å²) in [4.78, 5) is 12.0. The third kappa shape index (κ3) is 5.33. The van der Waals surface area contributed by atoms with Gasteiger partial charge in [0.05, 0.1) is 6.04 Å². The molecule has 0 saturated heterocycles. The minimum atomic E-state index is -0.483. The number of hydrogen-bond donors (Lipinski definition) is 1. The van der Waals surface area contributed by atoms with E-state index in [1.54, 1.807) is 0 Å². The van der Waals surface area contributed by atoms with Crippen molar-refractivity contribution in [2.24, 2.45) is 5.41 Å². The summed E-state index contributed by atoms with van der Waals surface area (Å²) in [5, 5.41) is 2.97. The molecule has 0 aliphatic rings. The maximum absolute atomic E-state index is 12.0. The molecule has 19 heavy (non-hydrogen) atoms. The Hall–Kier alpha value is -1.51. The molecule has 0 fully saturated rings. The Balaban J connectivity index is 2.87. The Kier molecular flexibility index (Phi) is 4.61. The quantitative estimate of drug-likeness (QED) is 0.864. The van der Waals surface area contributed by atoms with Gasteiger partial charge in [-0.25, -0.2) is 4.79 Å². The first-order valence-electron chi connectivity index (χ1n) is 6.64. The molecule has 1 aromatic carbocycles. The zero-order valence-corrected chi connectivity index (χ0v) is 12.8. The summed E-state index contributed by atoms with van der Waals surface area (Å²) in [7, 11) is 0. The molecule has 0 unspecified atom stereocenters. The maximum atomic E-state index is 12.0. The van der Waals surface area contributed by atoms with Crippen LogP contribution in [-0.4, -0.2) is 11.7 Å². The van der Waals surface area contributed by atoms with E-state index in [0.29, 0.717) is 0 Å². The van der Waals surface area contributed by atoms with Crippen LogP contribution in [0.2, 0.25) is 0 Å². The molecular formula is C16H25NO2. The molecule has 0 bridgehead atoms. The minimum absolute atomic E-state index is 0.0800. The van der Waals surface area contributed by atoms with Crippen LogP contribution in [0.1, 0.15) is 53.1 Å². The molecular weight excluding hydrogens is 238 g/mol. The van der Waals surface area contributed by atoms with E-state index in [9.17, 15) is 4.79 Å². The minimum Gasteiger partial charge on any atom is -0.444 e. The summed E-state index contributed by atoms with van der Waals surface area (Å²) in [5.74, 6) is 0. The molecule has 0 saturated carbocycles. The van der Waals surface area contributed by atoms with Gasteiger partial charge in [0, 0.05) is 0 Å². The lowest BCUT2D eigenvalue weighted by atomic mass is 9.82. The van der Waals surface area contributed by atoms with Crippen LogP contribution in [0.4, 0.5) is 4.79 Å². The molecule has 0 spiro atoms. The van der Waals surface area contributed by atoms with Gasteiger partial charge in [-0.2, -0.15) is 0 Å². The highest BCUT2D eigenvalue weighted by Gasteiger charge is 2.29. The van der Waals surface area contributed by atoms with E-state index in [4.69, 9.17) is 4.74 Å². The Bertz CT molecular complexity index is 413. The smallest absolute Gasteiger partial charge is 0.408 e. The lowest BCUT2D eigenvalue weighted by Gasteiger charge is -2.32. The lowest BCUT2D eigenvalue weighted by molar-refractivity contribution is 0.0462. The number of benzene rings is 1. The van der Waals surface area contributed by atoms with E-state index in [1.807, 2.05) is 51.1 Å². The van der Waals surface area contributed by atoms with Crippen LogP contribution in [0, 0.1) is 5.41 Å². The number of carbonyl (C=O) groups excluding carboxylic acids is 1. The van der Waals surface area contributed by atoms with Crippen molar-refractivity contribution in [2.45, 2.75) is 53.2 Å². The number of alkyl carbamates (subject to hydrolysis) is 1. The van der Waals surface area contributed by atoms with Crippen molar-refractivity contribution in [1.29, 1.82) is 0 Å². The lowest BCUT2D eigenvalue weighted by Crippen LogP contribution is -2.39. The molecule has 1 atom stereocenters. The maximum Gasteiger partial charge on any atom is 0.408 e. The number of rotatable bonds is 2. The molecule has 0 aliphatic heterocycles. The van der Waals surface area contributed by atoms with Gasteiger partial charge in [0.25, 0.3) is 0 Å². The molecule has 1 N–H and O–H groups in total. The normalized spacial score (nSPS) is 13.8. The predicted octanol–water partition coefficient (Wildman–Crippen LogP) is 4.30. The van der Waals surface area contributed by atoms with E-state index in [-0.39, 0.29) is 17.6 Å². The number of carbonyl (C=O) groups is 1. The van der Waals surface area contributed by atoms with Gasteiger partial charge in [-0.1, -0.05) is 51.1 Å². The summed E-state index contributed by atoms with van der Waals surface area (Å²) in [5.41, 5.74) is 0.516. The molecule has 0 aromatic heterocycles. The van der Waals surface area contributed by atoms with Gasteiger partial charge < -0.3 is 10.1 Å². The second-order valence-corrected chi connectivity index (χ2v) is 6.86. The summed E-state index contributed by atoms with van der Waals surface area (Å²) >= 11 is 0. The third-order valence-corrected chi connectivity index (χ3v) is 2.66. The highest BCUT2D eigenvalue weighted by atomic mass is 16.6. The van der Waals surface area contributed by atoms with E-state index in [1.165, 1.54) is 0 Å². The molecule has 1 aromatic rings. The van der Waals surface area contributed by atoms with Crippen molar-refractivity contribution < 1.29 is 9.53 Å². The van der Waals surface area contributed by atoms with Crippen LogP contribution in [-0.2, 0) is 4.74 Å². The van der Waals surface area contributed by atoms with Gasteiger partial charge in [0.15, 0.2) is 0 Å². The first-order chi connectivity index (χ1) is 8.59. The monoisotopic (exact) mass is 263 g/mol. The van der Waals surface area contributed by atoms with Gasteiger partial charge in [0.2, 0.25) is 0 Å². The average molecular weight is 263 g/mol. The number of amides is 1. The average Bonchev–Trinajstić information content (AvgIpc) is 2.23. The molecule has 0 radical (unpaired) electrons. The zero-order chi connectivity index (χ0) is 14.7. The van der Waals surface area contributed by atoms with Crippen molar-refractivity contribution in [3.63, 3.8) is 0 Å².